The average Bonchev–Trinajstić information content (AvgIpc) is 2.51. The van der Waals surface area contributed by atoms with Gasteiger partial charge in [-0.05, 0) is 29.7 Å². The minimum absolute atomic E-state index is 0.0808. The van der Waals surface area contributed by atoms with Crippen molar-refractivity contribution in [2.75, 3.05) is 6.61 Å². The van der Waals surface area contributed by atoms with E-state index in [2.05, 4.69) is 30.8 Å². The van der Waals surface area contributed by atoms with E-state index in [0.29, 0.717) is 12.0 Å². The van der Waals surface area contributed by atoms with Crippen molar-refractivity contribution in [3.63, 3.8) is 0 Å². The van der Waals surface area contributed by atoms with Crippen molar-refractivity contribution in [2.45, 2.75) is 20.3 Å². The summed E-state index contributed by atoms with van der Waals surface area (Å²) < 4.78 is 4.91. The Morgan fingerprint density at radius 2 is 1.82 bits per heavy atom. The highest BCUT2D eigenvalue weighted by Crippen LogP contribution is 2.18. The van der Waals surface area contributed by atoms with Crippen molar-refractivity contribution in [2.24, 2.45) is 5.92 Å². The second-order valence-corrected chi connectivity index (χ2v) is 5.61. The second-order valence-electron chi connectivity index (χ2n) is 5.61. The lowest BCUT2D eigenvalue weighted by Crippen LogP contribution is -2.21. The number of carbonyl (C=O) groups excluding carboxylic acids is 2. The number of benzene rings is 2. The molecule has 1 unspecified atom stereocenters. The van der Waals surface area contributed by atoms with Gasteiger partial charge in [0.2, 0.25) is 0 Å². The first-order chi connectivity index (χ1) is 10.5. The van der Waals surface area contributed by atoms with Crippen molar-refractivity contribution < 1.29 is 14.3 Å². The number of ketones is 1. The predicted octanol–water partition coefficient (Wildman–Crippen LogP) is 3.71. The Morgan fingerprint density at radius 1 is 1.14 bits per heavy atom. The van der Waals surface area contributed by atoms with Gasteiger partial charge in [0.25, 0.3) is 0 Å². The summed E-state index contributed by atoms with van der Waals surface area (Å²) in [6.07, 6.45) is 0.633. The Bertz CT molecular complexity index is 715. The van der Waals surface area contributed by atoms with Gasteiger partial charge in [-0.2, -0.15) is 0 Å². The van der Waals surface area contributed by atoms with Gasteiger partial charge in [0.1, 0.15) is 0 Å². The third-order valence-electron chi connectivity index (χ3n) is 3.60. The minimum atomic E-state index is -0.522. The molecule has 2 aromatic rings. The number of hydrogen-bond acceptors (Lipinski definition) is 3. The Morgan fingerprint density at radius 3 is 2.50 bits per heavy atom. The van der Waals surface area contributed by atoms with Crippen LogP contribution in [0.15, 0.2) is 54.6 Å². The Balaban J connectivity index is 1.97. The quantitative estimate of drug-likeness (QED) is 0.603. The number of hydrogen-bond donors (Lipinski definition) is 0. The lowest BCUT2D eigenvalue weighted by molar-refractivity contribution is -0.145. The molecular formula is C19H20O3. The van der Waals surface area contributed by atoms with Gasteiger partial charge in [-0.1, -0.05) is 56.0 Å². The van der Waals surface area contributed by atoms with Crippen LogP contribution in [-0.4, -0.2) is 18.4 Å². The molecule has 3 heteroatoms. The van der Waals surface area contributed by atoms with Crippen molar-refractivity contribution in [1.82, 2.24) is 0 Å². The van der Waals surface area contributed by atoms with E-state index in [1.807, 2.05) is 25.1 Å². The molecule has 0 heterocycles. The smallest absolute Gasteiger partial charge is 0.333 e. The third kappa shape index (κ3) is 4.04. The largest absolute Gasteiger partial charge is 0.454 e. The molecule has 0 N–H and O–H groups in total. The number of fused-ring (bicyclic) bond motifs is 1. The fraction of sp³-hybridized carbons (Fsp3) is 0.263. The van der Waals surface area contributed by atoms with E-state index in [0.717, 1.165) is 10.9 Å². The maximum Gasteiger partial charge on any atom is 0.333 e. The lowest BCUT2D eigenvalue weighted by Gasteiger charge is -2.11. The van der Waals surface area contributed by atoms with Gasteiger partial charge < -0.3 is 4.74 Å². The SMILES string of the molecule is C=C(C)C(=O)OCC(=O)C(C)Cc1ccc2ccccc2c1. The number of Topliss-reactive ketones (excluding diaryl/α,β-unsaturated/α-hetero) is 1. The Hall–Kier alpha value is -2.42. The zero-order valence-electron chi connectivity index (χ0n) is 13.0. The van der Waals surface area contributed by atoms with Crippen LogP contribution in [0.4, 0.5) is 0 Å². The first-order valence-corrected chi connectivity index (χ1v) is 7.30. The molecule has 0 spiro atoms. The first-order valence-electron chi connectivity index (χ1n) is 7.30. The van der Waals surface area contributed by atoms with Crippen molar-refractivity contribution in [3.05, 3.63) is 60.2 Å². The van der Waals surface area contributed by atoms with Crippen LogP contribution >= 0.6 is 0 Å². The molecule has 0 saturated carbocycles. The molecule has 114 valence electrons. The summed E-state index contributed by atoms with van der Waals surface area (Å²) in [5.41, 5.74) is 1.40. The van der Waals surface area contributed by atoms with E-state index in [4.69, 9.17) is 4.74 Å². The average molecular weight is 296 g/mol. The van der Waals surface area contributed by atoms with Gasteiger partial charge in [0.05, 0.1) is 0 Å². The maximum absolute atomic E-state index is 12.0. The number of rotatable bonds is 6. The highest BCUT2D eigenvalue weighted by Gasteiger charge is 2.16. The van der Waals surface area contributed by atoms with Crippen LogP contribution in [-0.2, 0) is 20.7 Å². The molecule has 0 amide bonds. The summed E-state index contributed by atoms with van der Waals surface area (Å²) in [6, 6.07) is 14.3. The normalized spacial score (nSPS) is 11.9. The molecule has 3 nitrogen and oxygen atoms in total. The zero-order valence-corrected chi connectivity index (χ0v) is 13.0. The van der Waals surface area contributed by atoms with Crippen molar-refractivity contribution in [1.29, 1.82) is 0 Å². The summed E-state index contributed by atoms with van der Waals surface area (Å²) in [5, 5.41) is 2.34. The highest BCUT2D eigenvalue weighted by atomic mass is 16.5. The van der Waals surface area contributed by atoms with Gasteiger partial charge in [0.15, 0.2) is 12.4 Å². The van der Waals surface area contributed by atoms with Crippen LogP contribution in [0.5, 0.6) is 0 Å². The minimum Gasteiger partial charge on any atom is -0.454 e. The molecule has 0 aromatic heterocycles. The third-order valence-corrected chi connectivity index (χ3v) is 3.60. The van der Waals surface area contributed by atoms with Gasteiger partial charge in [-0.15, -0.1) is 0 Å². The van der Waals surface area contributed by atoms with E-state index in [9.17, 15) is 9.59 Å². The molecule has 0 aliphatic heterocycles. The van der Waals surface area contributed by atoms with Crippen LogP contribution in [0.1, 0.15) is 19.4 Å². The second kappa shape index (κ2) is 7.03. The van der Waals surface area contributed by atoms with Gasteiger partial charge in [-0.3, -0.25) is 4.79 Å². The molecule has 2 rings (SSSR count). The molecule has 22 heavy (non-hydrogen) atoms. The summed E-state index contributed by atoms with van der Waals surface area (Å²) in [6.45, 7) is 6.71. The topological polar surface area (TPSA) is 43.4 Å². The van der Waals surface area contributed by atoms with Crippen LogP contribution in [0, 0.1) is 5.92 Å². The molecule has 0 bridgehead atoms. The highest BCUT2D eigenvalue weighted by molar-refractivity contribution is 5.90. The fourth-order valence-corrected chi connectivity index (χ4v) is 2.24. The maximum atomic E-state index is 12.0. The zero-order chi connectivity index (χ0) is 16.1. The van der Waals surface area contributed by atoms with E-state index < -0.39 is 5.97 Å². The van der Waals surface area contributed by atoms with Gasteiger partial charge in [-0.25, -0.2) is 4.79 Å². The number of esters is 1. The summed E-state index contributed by atoms with van der Waals surface area (Å²) in [4.78, 5) is 23.3. The van der Waals surface area contributed by atoms with Crippen LogP contribution in [0.3, 0.4) is 0 Å². The van der Waals surface area contributed by atoms with E-state index in [1.54, 1.807) is 6.92 Å². The summed E-state index contributed by atoms with van der Waals surface area (Å²) in [7, 11) is 0. The van der Waals surface area contributed by atoms with Crippen LogP contribution < -0.4 is 0 Å². The molecule has 2 aromatic carbocycles. The molecule has 0 aliphatic rings. The van der Waals surface area contributed by atoms with Crippen LogP contribution in [0.25, 0.3) is 10.8 Å². The lowest BCUT2D eigenvalue weighted by atomic mass is 9.95. The molecule has 0 fully saturated rings. The molecule has 0 radical (unpaired) electrons. The molecular weight excluding hydrogens is 276 g/mol. The number of carbonyl (C=O) groups is 2. The van der Waals surface area contributed by atoms with Crippen molar-refractivity contribution in [3.8, 4) is 0 Å². The standard InChI is InChI=1S/C19H20O3/c1-13(2)19(21)22-12-18(20)14(3)10-15-8-9-16-6-4-5-7-17(16)11-15/h4-9,11,14H,1,10,12H2,2-3H3. The Labute approximate surface area is 130 Å². The number of ether oxygens (including phenoxy) is 1. The van der Waals surface area contributed by atoms with E-state index in [1.165, 1.54) is 5.39 Å². The summed E-state index contributed by atoms with van der Waals surface area (Å²) >= 11 is 0. The van der Waals surface area contributed by atoms with Gasteiger partial charge in [0, 0.05) is 11.5 Å². The Kier molecular flexibility index (Phi) is 5.10. The predicted molar refractivity (Wildman–Crippen MR) is 87.6 cm³/mol. The first kappa shape index (κ1) is 16.0. The van der Waals surface area contributed by atoms with E-state index in [-0.39, 0.29) is 18.3 Å². The monoisotopic (exact) mass is 296 g/mol. The fourth-order valence-electron chi connectivity index (χ4n) is 2.24. The van der Waals surface area contributed by atoms with Gasteiger partial charge >= 0.3 is 5.97 Å². The van der Waals surface area contributed by atoms with E-state index >= 15 is 0 Å². The van der Waals surface area contributed by atoms with Crippen molar-refractivity contribution >= 4 is 22.5 Å². The summed E-state index contributed by atoms with van der Waals surface area (Å²) in [5.74, 6) is -0.798. The molecule has 1 atom stereocenters. The van der Waals surface area contributed by atoms with Crippen LogP contribution in [0.2, 0.25) is 0 Å². The molecule has 0 saturated heterocycles. The molecule has 0 aliphatic carbocycles.